The largest absolute Gasteiger partial charge is 0.494 e. The number of nitrogens with zero attached hydrogens (tertiary/aromatic N) is 4. The molecule has 0 bridgehead atoms. The zero-order valence-corrected chi connectivity index (χ0v) is 19.9. The molecule has 0 unspecified atom stereocenters. The van der Waals surface area contributed by atoms with E-state index in [9.17, 15) is 9.90 Å². The number of nitrogens with one attached hydrogen (secondary N) is 1. The van der Waals surface area contributed by atoms with Crippen LogP contribution in [-0.4, -0.2) is 43.9 Å². The van der Waals surface area contributed by atoms with Gasteiger partial charge in [-0.15, -0.1) is 0 Å². The number of hydrogen-bond donors (Lipinski definition) is 2. The van der Waals surface area contributed by atoms with Crippen molar-refractivity contribution >= 4 is 23.7 Å². The van der Waals surface area contributed by atoms with Crippen LogP contribution in [-0.2, 0) is 16.7 Å². The Bertz CT molecular complexity index is 1230. The average molecular weight is 456 g/mol. The predicted molar refractivity (Wildman–Crippen MR) is 128 cm³/mol. The Hall–Kier alpha value is -3.04. The number of rotatable bonds is 7. The minimum atomic E-state index is -0.483. The fraction of sp³-hybridized carbons (Fsp3) is 0.391. The van der Waals surface area contributed by atoms with Gasteiger partial charge >= 0.3 is 0 Å². The number of aromatic nitrogens is 4. The monoisotopic (exact) mass is 455 g/mol. The lowest BCUT2D eigenvalue weighted by Gasteiger charge is -2.14. The highest BCUT2D eigenvalue weighted by atomic mass is 32.1. The number of methoxy groups -OCH3 is 1. The summed E-state index contributed by atoms with van der Waals surface area (Å²) in [6.45, 7) is 8.76. The normalized spacial score (nSPS) is 12.3. The first-order valence-corrected chi connectivity index (χ1v) is 10.9. The van der Waals surface area contributed by atoms with E-state index >= 15 is 0 Å². The molecule has 0 atom stereocenters. The number of aliphatic imine (C=N–C) groups is 1. The van der Waals surface area contributed by atoms with Crippen molar-refractivity contribution in [2.45, 2.75) is 46.1 Å². The van der Waals surface area contributed by atoms with Crippen molar-refractivity contribution in [2.75, 3.05) is 13.7 Å². The maximum absolute atomic E-state index is 12.8. The highest BCUT2D eigenvalue weighted by molar-refractivity contribution is 7.71. The maximum atomic E-state index is 12.8. The SMILES string of the molecule is CCC(=Nc1cc(C(C)(C)C)nn1-c1ccccc1)c1c(O)n(CCOC)c(=S)[nH]c1=O. The van der Waals surface area contributed by atoms with Crippen LogP contribution in [0.2, 0.25) is 0 Å². The molecule has 0 aliphatic heterocycles. The Morgan fingerprint density at radius 3 is 2.56 bits per heavy atom. The van der Waals surface area contributed by atoms with Crippen LogP contribution in [0.15, 0.2) is 46.2 Å². The molecule has 0 radical (unpaired) electrons. The molecule has 0 saturated carbocycles. The molecule has 3 rings (SSSR count). The van der Waals surface area contributed by atoms with Gasteiger partial charge in [0.1, 0.15) is 5.56 Å². The third-order valence-electron chi connectivity index (χ3n) is 5.02. The van der Waals surface area contributed by atoms with Gasteiger partial charge in [0.05, 0.1) is 30.2 Å². The molecule has 2 heterocycles. The van der Waals surface area contributed by atoms with Crippen molar-refractivity contribution in [1.29, 1.82) is 0 Å². The highest BCUT2D eigenvalue weighted by Crippen LogP contribution is 2.29. The van der Waals surface area contributed by atoms with Gasteiger partial charge in [-0.1, -0.05) is 45.9 Å². The summed E-state index contributed by atoms with van der Waals surface area (Å²) in [7, 11) is 1.56. The van der Waals surface area contributed by atoms with Crippen LogP contribution < -0.4 is 5.56 Å². The molecule has 9 heteroatoms. The van der Waals surface area contributed by atoms with E-state index in [2.05, 4.69) is 25.8 Å². The van der Waals surface area contributed by atoms with Crippen LogP contribution in [0.25, 0.3) is 5.69 Å². The summed E-state index contributed by atoms with van der Waals surface area (Å²) >= 11 is 5.22. The van der Waals surface area contributed by atoms with Crippen molar-refractivity contribution in [2.24, 2.45) is 4.99 Å². The van der Waals surface area contributed by atoms with Gasteiger partial charge in [0, 0.05) is 18.6 Å². The summed E-state index contributed by atoms with van der Waals surface area (Å²) in [6.07, 6.45) is 0.419. The van der Waals surface area contributed by atoms with Crippen molar-refractivity contribution in [3.8, 4) is 11.6 Å². The minimum absolute atomic E-state index is 0.0929. The standard InChI is InChI=1S/C23H29N5O3S/c1-6-16(19-20(29)25-22(32)27(21(19)30)12-13-31-5)24-18-14-17(23(2,3)4)26-28(18)15-10-8-7-9-11-15/h7-11,14,30H,6,12-13H2,1-5H3,(H,25,29,32). The summed E-state index contributed by atoms with van der Waals surface area (Å²) in [5.41, 5.74) is 1.57. The van der Waals surface area contributed by atoms with Crippen LogP contribution in [0.3, 0.4) is 0 Å². The third kappa shape index (κ3) is 4.89. The van der Waals surface area contributed by atoms with E-state index < -0.39 is 5.56 Å². The van der Waals surface area contributed by atoms with Crippen LogP contribution in [0.4, 0.5) is 5.82 Å². The smallest absolute Gasteiger partial charge is 0.264 e. The summed E-state index contributed by atoms with van der Waals surface area (Å²) in [5, 5.41) is 15.7. The van der Waals surface area contributed by atoms with Crippen molar-refractivity contribution in [1.82, 2.24) is 19.3 Å². The molecule has 8 nitrogen and oxygen atoms in total. The number of ether oxygens (including phenoxy) is 1. The van der Waals surface area contributed by atoms with E-state index in [1.54, 1.807) is 11.8 Å². The number of aromatic hydroxyl groups is 1. The second-order valence-corrected chi connectivity index (χ2v) is 8.79. The molecule has 0 fully saturated rings. The third-order valence-corrected chi connectivity index (χ3v) is 5.35. The molecule has 1 aromatic carbocycles. The van der Waals surface area contributed by atoms with Gasteiger partial charge in [-0.2, -0.15) is 5.10 Å². The summed E-state index contributed by atoms with van der Waals surface area (Å²) in [6, 6.07) is 11.6. The second-order valence-electron chi connectivity index (χ2n) is 8.40. The molecule has 2 aromatic heterocycles. The van der Waals surface area contributed by atoms with Crippen molar-refractivity contribution < 1.29 is 9.84 Å². The van der Waals surface area contributed by atoms with Gasteiger partial charge in [-0.3, -0.25) is 14.3 Å². The number of aromatic amines is 1. The molecular weight excluding hydrogens is 426 g/mol. The lowest BCUT2D eigenvalue weighted by Crippen LogP contribution is -2.23. The molecule has 32 heavy (non-hydrogen) atoms. The lowest BCUT2D eigenvalue weighted by molar-refractivity contribution is 0.182. The van der Waals surface area contributed by atoms with Crippen molar-refractivity contribution in [3.05, 3.63) is 62.8 Å². The zero-order chi connectivity index (χ0) is 23.5. The Labute approximate surface area is 192 Å². The zero-order valence-electron chi connectivity index (χ0n) is 19.0. The fourth-order valence-electron chi connectivity index (χ4n) is 3.24. The van der Waals surface area contributed by atoms with E-state index in [1.165, 1.54) is 4.57 Å². The summed E-state index contributed by atoms with van der Waals surface area (Å²) in [5.74, 6) is 0.348. The quantitative estimate of drug-likeness (QED) is 0.410. The van der Waals surface area contributed by atoms with E-state index in [4.69, 9.17) is 27.0 Å². The number of benzene rings is 1. The molecular formula is C23H29N5O3S. The molecule has 2 N–H and O–H groups in total. The number of H-pyrrole nitrogens is 1. The molecule has 170 valence electrons. The minimum Gasteiger partial charge on any atom is -0.494 e. The van der Waals surface area contributed by atoms with E-state index in [-0.39, 0.29) is 21.6 Å². The first-order chi connectivity index (χ1) is 15.2. The van der Waals surface area contributed by atoms with Crippen molar-refractivity contribution in [3.63, 3.8) is 0 Å². The topological polar surface area (TPSA) is 97.4 Å². The van der Waals surface area contributed by atoms with Gasteiger partial charge < -0.3 is 9.84 Å². The molecule has 0 saturated heterocycles. The van der Waals surface area contributed by atoms with Crippen LogP contribution in [0.1, 0.15) is 45.4 Å². The van der Waals surface area contributed by atoms with E-state index in [0.717, 1.165) is 11.4 Å². The van der Waals surface area contributed by atoms with Crippen LogP contribution in [0.5, 0.6) is 5.88 Å². The van der Waals surface area contributed by atoms with E-state index in [1.807, 2.05) is 43.3 Å². The Morgan fingerprint density at radius 1 is 1.28 bits per heavy atom. The van der Waals surface area contributed by atoms with Gasteiger partial charge in [-0.05, 0) is 30.8 Å². The predicted octanol–water partition coefficient (Wildman–Crippen LogP) is 4.27. The van der Waals surface area contributed by atoms with Gasteiger partial charge in [0.2, 0.25) is 5.88 Å². The van der Waals surface area contributed by atoms with E-state index in [0.29, 0.717) is 31.1 Å². The average Bonchev–Trinajstić information content (AvgIpc) is 3.17. The lowest BCUT2D eigenvalue weighted by atomic mass is 9.92. The molecule has 3 aromatic rings. The van der Waals surface area contributed by atoms with Crippen LogP contribution >= 0.6 is 12.2 Å². The fourth-order valence-corrected chi connectivity index (χ4v) is 3.51. The second kappa shape index (κ2) is 9.62. The molecule has 0 amide bonds. The molecule has 0 spiro atoms. The maximum Gasteiger partial charge on any atom is 0.264 e. The molecule has 0 aliphatic rings. The first kappa shape index (κ1) is 23.6. The summed E-state index contributed by atoms with van der Waals surface area (Å²) < 4.78 is 8.42. The van der Waals surface area contributed by atoms with Gasteiger partial charge in [0.25, 0.3) is 5.56 Å². The number of hydrogen-bond acceptors (Lipinski definition) is 6. The Kier molecular flexibility index (Phi) is 7.10. The molecule has 0 aliphatic carbocycles. The Morgan fingerprint density at radius 2 is 1.97 bits per heavy atom. The van der Waals surface area contributed by atoms with Gasteiger partial charge in [-0.25, -0.2) is 9.67 Å². The van der Waals surface area contributed by atoms with Gasteiger partial charge in [0.15, 0.2) is 10.6 Å². The number of para-hydroxylation sites is 1. The first-order valence-electron chi connectivity index (χ1n) is 10.5. The Balaban J connectivity index is 2.22. The summed E-state index contributed by atoms with van der Waals surface area (Å²) in [4.78, 5) is 20.2. The van der Waals surface area contributed by atoms with Crippen LogP contribution in [0, 0.1) is 4.77 Å². The highest BCUT2D eigenvalue weighted by Gasteiger charge is 2.22.